The van der Waals surface area contributed by atoms with Crippen LogP contribution in [0.1, 0.15) is 22.9 Å². The SMILES string of the molecule is c1ccc(C2=NC(c3cc4c5ccccc5oc4c4c3sc3ccccc34)N=C(c3ccc4c(c3)sc3ccc5ccccc5c34)N2)cc1. The molecule has 3 aromatic heterocycles. The highest BCUT2D eigenvalue weighted by atomic mass is 32.1. The molecule has 7 aromatic carbocycles. The van der Waals surface area contributed by atoms with Crippen LogP contribution in [0.3, 0.4) is 0 Å². The lowest BCUT2D eigenvalue weighted by molar-refractivity contribution is 0.672. The Kier molecular flexibility index (Phi) is 5.73. The van der Waals surface area contributed by atoms with E-state index in [1.807, 2.05) is 23.5 Å². The fourth-order valence-electron chi connectivity index (χ4n) is 7.45. The molecule has 230 valence electrons. The van der Waals surface area contributed by atoms with Crippen LogP contribution >= 0.6 is 22.7 Å². The molecular weight excluding hydrogens is 639 g/mol. The van der Waals surface area contributed by atoms with Gasteiger partial charge in [0, 0.05) is 67.8 Å². The van der Waals surface area contributed by atoms with Crippen molar-refractivity contribution in [2.24, 2.45) is 9.98 Å². The molecule has 0 aliphatic carbocycles. The van der Waals surface area contributed by atoms with Gasteiger partial charge in [-0.05, 0) is 41.1 Å². The van der Waals surface area contributed by atoms with E-state index in [4.69, 9.17) is 14.4 Å². The van der Waals surface area contributed by atoms with E-state index in [9.17, 15) is 0 Å². The second-order valence-electron chi connectivity index (χ2n) is 12.5. The molecule has 0 radical (unpaired) electrons. The highest BCUT2D eigenvalue weighted by Gasteiger charge is 2.26. The first-order chi connectivity index (χ1) is 24.3. The summed E-state index contributed by atoms with van der Waals surface area (Å²) in [6, 6.07) is 49.4. The third kappa shape index (κ3) is 4.08. The average molecular weight is 664 g/mol. The summed E-state index contributed by atoms with van der Waals surface area (Å²) in [6.07, 6.45) is -0.456. The number of hydrogen-bond acceptors (Lipinski definition) is 6. The van der Waals surface area contributed by atoms with Crippen molar-refractivity contribution in [2.45, 2.75) is 6.17 Å². The Balaban J connectivity index is 1.16. The molecule has 1 aliphatic rings. The first-order valence-corrected chi connectivity index (χ1v) is 18.0. The van der Waals surface area contributed by atoms with Crippen LogP contribution in [0.25, 0.3) is 73.1 Å². The molecule has 0 fully saturated rings. The predicted molar refractivity (Wildman–Crippen MR) is 209 cm³/mol. The van der Waals surface area contributed by atoms with Gasteiger partial charge in [0.05, 0.1) is 0 Å². The van der Waals surface area contributed by atoms with E-state index < -0.39 is 6.17 Å². The number of amidine groups is 2. The van der Waals surface area contributed by atoms with Gasteiger partial charge in [0.15, 0.2) is 6.17 Å². The molecule has 0 saturated carbocycles. The van der Waals surface area contributed by atoms with Crippen molar-refractivity contribution in [3.63, 3.8) is 0 Å². The quantitative estimate of drug-likeness (QED) is 0.204. The van der Waals surface area contributed by atoms with Crippen molar-refractivity contribution in [1.82, 2.24) is 5.32 Å². The summed E-state index contributed by atoms with van der Waals surface area (Å²) in [6.45, 7) is 0. The lowest BCUT2D eigenvalue weighted by Crippen LogP contribution is -2.36. The monoisotopic (exact) mass is 663 g/mol. The summed E-state index contributed by atoms with van der Waals surface area (Å²) in [5.74, 6) is 1.62. The summed E-state index contributed by atoms with van der Waals surface area (Å²) in [7, 11) is 0. The van der Waals surface area contributed by atoms with Gasteiger partial charge in [-0.1, -0.05) is 109 Å². The number of aliphatic imine (C=N–C) groups is 2. The normalized spacial score (nSPS) is 15.1. The molecule has 1 aliphatic heterocycles. The van der Waals surface area contributed by atoms with Crippen LogP contribution in [0.5, 0.6) is 0 Å². The smallest absolute Gasteiger partial charge is 0.171 e. The molecule has 1 atom stereocenters. The third-order valence-corrected chi connectivity index (χ3v) is 12.1. The largest absolute Gasteiger partial charge is 0.455 e. The fraction of sp³-hybridized carbons (Fsp3) is 0.0233. The summed E-state index contributed by atoms with van der Waals surface area (Å²) >= 11 is 3.62. The second-order valence-corrected chi connectivity index (χ2v) is 14.7. The topological polar surface area (TPSA) is 49.9 Å². The van der Waals surface area contributed by atoms with Crippen molar-refractivity contribution in [3.05, 3.63) is 156 Å². The van der Waals surface area contributed by atoms with Gasteiger partial charge in [-0.3, -0.25) is 0 Å². The van der Waals surface area contributed by atoms with Crippen LogP contribution in [-0.2, 0) is 0 Å². The Morgan fingerprint density at radius 2 is 1.24 bits per heavy atom. The lowest BCUT2D eigenvalue weighted by Gasteiger charge is -2.23. The Bertz CT molecular complexity index is 3040. The van der Waals surface area contributed by atoms with E-state index in [1.165, 1.54) is 41.0 Å². The molecule has 1 N–H and O–H groups in total. The first kappa shape index (κ1) is 27.2. The Morgan fingerprint density at radius 1 is 0.510 bits per heavy atom. The number of benzene rings is 7. The number of fused-ring (bicyclic) bond motifs is 12. The summed E-state index contributed by atoms with van der Waals surface area (Å²) in [4.78, 5) is 10.7. The average Bonchev–Trinajstić information content (AvgIpc) is 3.85. The Hall–Kier alpha value is -5.82. The van der Waals surface area contributed by atoms with Gasteiger partial charge in [-0.2, -0.15) is 0 Å². The molecule has 11 rings (SSSR count). The molecule has 4 heterocycles. The van der Waals surface area contributed by atoms with Crippen molar-refractivity contribution in [2.75, 3.05) is 0 Å². The van der Waals surface area contributed by atoms with E-state index in [0.717, 1.165) is 60.4 Å². The summed E-state index contributed by atoms with van der Waals surface area (Å²) < 4.78 is 11.5. The highest BCUT2D eigenvalue weighted by Crippen LogP contribution is 2.46. The van der Waals surface area contributed by atoms with Crippen molar-refractivity contribution in [1.29, 1.82) is 0 Å². The van der Waals surface area contributed by atoms with Crippen LogP contribution in [0.15, 0.2) is 154 Å². The van der Waals surface area contributed by atoms with E-state index in [0.29, 0.717) is 0 Å². The van der Waals surface area contributed by atoms with Gasteiger partial charge >= 0.3 is 0 Å². The van der Waals surface area contributed by atoms with Gasteiger partial charge < -0.3 is 9.73 Å². The van der Waals surface area contributed by atoms with Crippen molar-refractivity contribution >= 4 is 107 Å². The van der Waals surface area contributed by atoms with E-state index in [-0.39, 0.29) is 0 Å². The van der Waals surface area contributed by atoms with Crippen molar-refractivity contribution in [3.8, 4) is 0 Å². The molecule has 0 saturated heterocycles. The molecule has 0 bridgehead atoms. The molecule has 1 unspecified atom stereocenters. The van der Waals surface area contributed by atoms with E-state index >= 15 is 0 Å². The second kappa shape index (κ2) is 10.3. The standard InChI is InChI=1S/C43H25N3OS2/c1-2-11-25(12-3-1)41-44-42(26-18-20-30-36(22-26)48-35-21-19-24-10-4-5-13-27(24)37(30)35)46-43(45-41)32-23-31-28-14-6-8-16-33(28)47-39(31)38-29-15-7-9-17-34(29)49-40(32)38/h1-23,43H,(H,44,45,46). The minimum absolute atomic E-state index is 0.456. The zero-order chi connectivity index (χ0) is 32.1. The zero-order valence-corrected chi connectivity index (χ0v) is 27.6. The summed E-state index contributed by atoms with van der Waals surface area (Å²) in [5.41, 5.74) is 4.96. The molecular formula is C43H25N3OS2. The number of hydrogen-bond donors (Lipinski definition) is 1. The molecule has 4 nitrogen and oxygen atoms in total. The number of thiophene rings is 2. The number of furan rings is 1. The minimum Gasteiger partial charge on any atom is -0.455 e. The third-order valence-electron chi connectivity index (χ3n) is 9.72. The van der Waals surface area contributed by atoms with Gasteiger partial charge in [0.2, 0.25) is 0 Å². The number of nitrogens with one attached hydrogen (secondary N) is 1. The number of rotatable bonds is 3. The zero-order valence-electron chi connectivity index (χ0n) is 26.0. The molecule has 6 heteroatoms. The highest BCUT2D eigenvalue weighted by molar-refractivity contribution is 7.26. The maximum absolute atomic E-state index is 6.57. The minimum atomic E-state index is -0.456. The maximum atomic E-state index is 6.57. The van der Waals surface area contributed by atoms with Gasteiger partial charge in [0.1, 0.15) is 22.8 Å². The van der Waals surface area contributed by atoms with Crippen LogP contribution in [0, 0.1) is 0 Å². The first-order valence-electron chi connectivity index (χ1n) is 16.3. The molecule has 10 aromatic rings. The van der Waals surface area contributed by atoms with E-state index in [2.05, 4.69) is 133 Å². The summed E-state index contributed by atoms with van der Waals surface area (Å²) in [5, 5.41) is 13.3. The fourth-order valence-corrected chi connectivity index (χ4v) is 9.85. The lowest BCUT2D eigenvalue weighted by atomic mass is 10.0. The molecule has 49 heavy (non-hydrogen) atoms. The Labute approximate surface area is 288 Å². The van der Waals surface area contributed by atoms with Gasteiger partial charge in [-0.15, -0.1) is 22.7 Å². The molecule has 0 amide bonds. The molecule has 0 spiro atoms. The number of para-hydroxylation sites is 1. The van der Waals surface area contributed by atoms with Crippen LogP contribution in [0.2, 0.25) is 0 Å². The van der Waals surface area contributed by atoms with E-state index in [1.54, 1.807) is 11.3 Å². The number of nitrogens with zero attached hydrogens (tertiary/aromatic N) is 2. The van der Waals surface area contributed by atoms with Crippen LogP contribution < -0.4 is 5.32 Å². The Morgan fingerprint density at radius 3 is 2.14 bits per heavy atom. The predicted octanol–water partition coefficient (Wildman–Crippen LogP) is 12.0. The van der Waals surface area contributed by atoms with Gasteiger partial charge in [-0.25, -0.2) is 9.98 Å². The van der Waals surface area contributed by atoms with Crippen LogP contribution in [0.4, 0.5) is 0 Å². The maximum Gasteiger partial charge on any atom is 0.171 e. The van der Waals surface area contributed by atoms with Crippen molar-refractivity contribution < 1.29 is 4.42 Å². The van der Waals surface area contributed by atoms with Crippen LogP contribution in [-0.4, -0.2) is 11.7 Å². The van der Waals surface area contributed by atoms with Gasteiger partial charge in [0.25, 0.3) is 0 Å².